The number of carbonyl (C=O) groups excluding carboxylic acids is 3. The fraction of sp³-hybridized carbons (Fsp3) is 0.444. The molecule has 2 fully saturated rings. The average Bonchev–Trinajstić information content (AvgIpc) is 3.14. The van der Waals surface area contributed by atoms with E-state index in [2.05, 4.69) is 4.90 Å². The fourth-order valence-corrected chi connectivity index (χ4v) is 5.36. The van der Waals surface area contributed by atoms with E-state index in [0.29, 0.717) is 30.7 Å². The lowest BCUT2D eigenvalue weighted by atomic mass is 9.92. The summed E-state index contributed by atoms with van der Waals surface area (Å²) < 4.78 is 5.50. The molecule has 0 saturated carbocycles. The molecule has 7 heteroatoms. The number of unbranched alkanes of at least 4 members (excludes halogenated alkanes) is 1. The molecule has 2 aromatic carbocycles. The highest BCUT2D eigenvalue weighted by Crippen LogP contribution is 2.33. The van der Waals surface area contributed by atoms with E-state index in [4.69, 9.17) is 4.74 Å². The number of nitrogens with zero attached hydrogens (tertiary/aromatic N) is 3. The van der Waals surface area contributed by atoms with Gasteiger partial charge in [0.15, 0.2) is 5.78 Å². The molecule has 2 aromatic rings. The summed E-state index contributed by atoms with van der Waals surface area (Å²) in [5.41, 5.74) is 2.40. The molecule has 0 spiro atoms. The third kappa shape index (κ3) is 4.71. The van der Waals surface area contributed by atoms with E-state index in [0.717, 1.165) is 50.3 Å². The van der Waals surface area contributed by atoms with Crippen LogP contribution < -0.4 is 4.90 Å². The Bertz CT molecular complexity index is 1060. The number of ketones is 1. The van der Waals surface area contributed by atoms with Crippen LogP contribution in [0.3, 0.4) is 0 Å². The van der Waals surface area contributed by atoms with E-state index in [1.54, 1.807) is 4.90 Å². The van der Waals surface area contributed by atoms with Gasteiger partial charge in [-0.25, -0.2) is 4.79 Å². The lowest BCUT2D eigenvalue weighted by Gasteiger charge is -2.43. The Labute approximate surface area is 200 Å². The Morgan fingerprint density at radius 1 is 0.882 bits per heavy atom. The van der Waals surface area contributed by atoms with E-state index in [1.165, 1.54) is 0 Å². The zero-order chi connectivity index (χ0) is 23.5. The molecule has 34 heavy (non-hydrogen) atoms. The number of benzene rings is 2. The number of hydrogen-bond donors (Lipinski definition) is 0. The van der Waals surface area contributed by atoms with Crippen molar-refractivity contribution >= 4 is 23.5 Å². The third-order valence-corrected chi connectivity index (χ3v) is 7.25. The van der Waals surface area contributed by atoms with Crippen LogP contribution in [0.25, 0.3) is 0 Å². The van der Waals surface area contributed by atoms with Crippen LogP contribution >= 0.6 is 0 Å². The number of hydrogen-bond acceptors (Lipinski definition) is 5. The molecule has 2 atom stereocenters. The van der Waals surface area contributed by atoms with Gasteiger partial charge in [0, 0.05) is 56.5 Å². The van der Waals surface area contributed by atoms with Crippen molar-refractivity contribution in [3.8, 4) is 0 Å². The molecule has 0 unspecified atom stereocenters. The van der Waals surface area contributed by atoms with Gasteiger partial charge in [0.05, 0.1) is 5.69 Å². The van der Waals surface area contributed by atoms with Crippen molar-refractivity contribution in [3.05, 3.63) is 65.7 Å². The summed E-state index contributed by atoms with van der Waals surface area (Å²) in [7, 11) is 0. The van der Waals surface area contributed by atoms with Gasteiger partial charge >= 0.3 is 6.09 Å². The molecule has 3 aliphatic rings. The van der Waals surface area contributed by atoms with E-state index in [-0.39, 0.29) is 30.6 Å². The summed E-state index contributed by atoms with van der Waals surface area (Å²) in [4.78, 5) is 43.5. The second-order valence-electron chi connectivity index (χ2n) is 9.46. The number of likely N-dealkylation sites (tertiary alicyclic amines) is 2. The summed E-state index contributed by atoms with van der Waals surface area (Å²) in [5.74, 6) is 0.600. The highest BCUT2D eigenvalue weighted by atomic mass is 16.6. The maximum Gasteiger partial charge on any atom is 0.410 e. The third-order valence-electron chi connectivity index (χ3n) is 7.25. The number of ether oxygens (including phenoxy) is 1. The maximum atomic E-state index is 12.6. The Hall–Kier alpha value is -3.19. The number of fused-ring (bicyclic) bond motifs is 2. The van der Waals surface area contributed by atoms with E-state index < -0.39 is 0 Å². The molecule has 3 aliphatic heterocycles. The molecule has 3 heterocycles. The number of anilines is 1. The quantitative estimate of drug-likeness (QED) is 0.588. The predicted octanol–water partition coefficient (Wildman–Crippen LogP) is 3.73. The van der Waals surface area contributed by atoms with Gasteiger partial charge in [0.2, 0.25) is 5.91 Å². The van der Waals surface area contributed by atoms with Gasteiger partial charge in [-0.3, -0.25) is 14.5 Å². The van der Waals surface area contributed by atoms with Gasteiger partial charge in [-0.05, 0) is 37.1 Å². The van der Waals surface area contributed by atoms with Crippen LogP contribution in [0.5, 0.6) is 0 Å². The molecule has 0 radical (unpaired) electrons. The van der Waals surface area contributed by atoms with Gasteiger partial charge in [-0.2, -0.15) is 0 Å². The van der Waals surface area contributed by atoms with Crippen molar-refractivity contribution in [2.45, 2.75) is 38.3 Å². The molecule has 5 rings (SSSR count). The lowest BCUT2D eigenvalue weighted by Crippen LogP contribution is -2.55. The predicted molar refractivity (Wildman–Crippen MR) is 129 cm³/mol. The van der Waals surface area contributed by atoms with Crippen molar-refractivity contribution in [3.63, 3.8) is 0 Å². The van der Waals surface area contributed by atoms with Gasteiger partial charge in [0.1, 0.15) is 6.61 Å². The Morgan fingerprint density at radius 2 is 1.65 bits per heavy atom. The van der Waals surface area contributed by atoms with E-state index in [1.807, 2.05) is 59.5 Å². The van der Waals surface area contributed by atoms with Crippen molar-refractivity contribution in [1.82, 2.24) is 9.80 Å². The first-order chi connectivity index (χ1) is 16.6. The van der Waals surface area contributed by atoms with Crippen molar-refractivity contribution in [2.75, 3.05) is 37.6 Å². The Morgan fingerprint density at radius 3 is 2.50 bits per heavy atom. The van der Waals surface area contributed by atoms with Crippen LogP contribution in [0.4, 0.5) is 10.5 Å². The van der Waals surface area contributed by atoms with Gasteiger partial charge < -0.3 is 14.5 Å². The van der Waals surface area contributed by atoms with E-state index >= 15 is 0 Å². The largest absolute Gasteiger partial charge is 0.445 e. The SMILES string of the molecule is O=C1CCC(=O)N(CCCCN2C[C@@H]3CN(C(=O)OCc4ccccc4)C[C@@H]32)c2ccccc21. The molecule has 7 nitrogen and oxygen atoms in total. The van der Waals surface area contributed by atoms with Crippen LogP contribution in [-0.2, 0) is 16.1 Å². The molecule has 0 aromatic heterocycles. The summed E-state index contributed by atoms with van der Waals surface area (Å²) >= 11 is 0. The minimum atomic E-state index is -0.230. The first-order valence-corrected chi connectivity index (χ1v) is 12.2. The molecule has 2 saturated heterocycles. The Balaban J connectivity index is 1.07. The first kappa shape index (κ1) is 22.6. The Kier molecular flexibility index (Phi) is 6.63. The monoisotopic (exact) mass is 461 g/mol. The smallest absolute Gasteiger partial charge is 0.410 e. The van der Waals surface area contributed by atoms with Crippen LogP contribution in [-0.4, -0.2) is 66.3 Å². The number of Topliss-reactive ketones (excluding diaryl/α,β-unsaturated/α-hetero) is 1. The topological polar surface area (TPSA) is 70.2 Å². The summed E-state index contributed by atoms with van der Waals surface area (Å²) in [6, 6.07) is 17.6. The number of rotatable bonds is 7. The molecule has 0 aliphatic carbocycles. The first-order valence-electron chi connectivity index (χ1n) is 12.2. The standard InChI is InChI=1S/C27H31N3O4/c31-25-12-13-26(32)30(23-11-5-4-10-22(23)25)15-7-6-14-28-16-21-17-29(18-24(21)28)27(33)34-19-20-8-2-1-3-9-20/h1-5,8-11,21,24H,6-7,12-19H2/t21-,24+/m1/s1. The zero-order valence-electron chi connectivity index (χ0n) is 19.4. The molecule has 0 bridgehead atoms. The normalized spacial score (nSPS) is 22.1. The summed E-state index contributed by atoms with van der Waals surface area (Å²) in [6.45, 7) is 4.38. The average molecular weight is 462 g/mol. The van der Waals surface area contributed by atoms with Crippen molar-refractivity contribution in [2.24, 2.45) is 5.92 Å². The highest BCUT2D eigenvalue weighted by Gasteiger charge is 2.46. The van der Waals surface area contributed by atoms with Crippen LogP contribution in [0.15, 0.2) is 54.6 Å². The van der Waals surface area contributed by atoms with Gasteiger partial charge in [0.25, 0.3) is 0 Å². The second kappa shape index (κ2) is 9.97. The van der Waals surface area contributed by atoms with Crippen LogP contribution in [0.2, 0.25) is 0 Å². The molecule has 178 valence electrons. The van der Waals surface area contributed by atoms with Crippen LogP contribution in [0.1, 0.15) is 41.6 Å². The highest BCUT2D eigenvalue weighted by molar-refractivity contribution is 6.10. The fourth-order valence-electron chi connectivity index (χ4n) is 5.36. The number of carbonyl (C=O) groups is 3. The molecule has 2 amide bonds. The van der Waals surface area contributed by atoms with Gasteiger partial charge in [-0.15, -0.1) is 0 Å². The van der Waals surface area contributed by atoms with Crippen molar-refractivity contribution in [1.29, 1.82) is 0 Å². The zero-order valence-corrected chi connectivity index (χ0v) is 19.4. The summed E-state index contributed by atoms with van der Waals surface area (Å²) in [6.07, 6.45) is 2.19. The lowest BCUT2D eigenvalue weighted by molar-refractivity contribution is -0.118. The van der Waals surface area contributed by atoms with E-state index in [9.17, 15) is 14.4 Å². The van der Waals surface area contributed by atoms with Gasteiger partial charge in [-0.1, -0.05) is 42.5 Å². The molecular weight excluding hydrogens is 430 g/mol. The van der Waals surface area contributed by atoms with Crippen molar-refractivity contribution < 1.29 is 19.1 Å². The van der Waals surface area contributed by atoms with Crippen LogP contribution in [0, 0.1) is 5.92 Å². The molecule has 0 N–H and O–H groups in total. The number of amides is 2. The minimum absolute atomic E-state index is 0.0303. The molecular formula is C27H31N3O4. The number of para-hydroxylation sites is 1. The maximum absolute atomic E-state index is 12.6. The minimum Gasteiger partial charge on any atom is -0.445 e. The summed E-state index contributed by atoms with van der Waals surface area (Å²) in [5, 5.41) is 0. The second-order valence-corrected chi connectivity index (χ2v) is 9.46.